The van der Waals surface area contributed by atoms with Gasteiger partial charge in [0.15, 0.2) is 0 Å². The number of nitrogens with zero attached hydrogens (tertiary/aromatic N) is 1. The van der Waals surface area contributed by atoms with Crippen LogP contribution in [0.1, 0.15) is 18.5 Å². The van der Waals surface area contributed by atoms with E-state index in [4.69, 9.17) is 0 Å². The highest BCUT2D eigenvalue weighted by molar-refractivity contribution is 6.04. The lowest BCUT2D eigenvalue weighted by molar-refractivity contribution is -0.119. The lowest BCUT2D eigenvalue weighted by Gasteiger charge is -2.13. The number of carbonyl (C=O) groups excluding carboxylic acids is 2. The van der Waals surface area contributed by atoms with Crippen molar-refractivity contribution >= 4 is 17.5 Å². The molecule has 1 heterocycles. The van der Waals surface area contributed by atoms with Crippen LogP contribution in [0.4, 0.5) is 5.69 Å². The molecule has 2 N–H and O–H groups in total. The van der Waals surface area contributed by atoms with Gasteiger partial charge in [-0.15, -0.1) is 0 Å². The van der Waals surface area contributed by atoms with Gasteiger partial charge in [0.25, 0.3) is 0 Å². The van der Waals surface area contributed by atoms with Crippen molar-refractivity contribution in [3.8, 4) is 0 Å². The molecule has 2 amide bonds. The average molecular weight is 247 g/mol. The first kappa shape index (κ1) is 12.6. The number of benzene rings is 1. The van der Waals surface area contributed by atoms with E-state index in [-0.39, 0.29) is 17.9 Å². The molecule has 96 valence electrons. The van der Waals surface area contributed by atoms with Gasteiger partial charge in [0.05, 0.1) is 0 Å². The van der Waals surface area contributed by atoms with Gasteiger partial charge >= 0.3 is 0 Å². The third kappa shape index (κ3) is 2.36. The Hall–Kier alpha value is -1.88. The summed E-state index contributed by atoms with van der Waals surface area (Å²) < 4.78 is 0. The Morgan fingerprint density at radius 3 is 2.78 bits per heavy atom. The predicted octanol–water partition coefficient (Wildman–Crippen LogP) is 0.430. The van der Waals surface area contributed by atoms with Crippen molar-refractivity contribution in [2.24, 2.45) is 0 Å². The Labute approximate surface area is 106 Å². The smallest absolute Gasteiger partial charge is 0.248 e. The van der Waals surface area contributed by atoms with Crippen LogP contribution in [0.2, 0.25) is 0 Å². The van der Waals surface area contributed by atoms with Gasteiger partial charge in [0, 0.05) is 38.3 Å². The second-order valence-electron chi connectivity index (χ2n) is 4.33. The van der Waals surface area contributed by atoms with Crippen LogP contribution < -0.4 is 15.5 Å². The van der Waals surface area contributed by atoms with Crippen LogP contribution in [0.5, 0.6) is 0 Å². The lowest BCUT2D eigenvalue weighted by Crippen LogP contribution is -2.36. The molecule has 1 aliphatic heterocycles. The van der Waals surface area contributed by atoms with E-state index in [1.54, 1.807) is 11.9 Å². The van der Waals surface area contributed by atoms with Crippen molar-refractivity contribution in [2.45, 2.75) is 13.0 Å². The fourth-order valence-electron chi connectivity index (χ4n) is 2.13. The largest absolute Gasteiger partial charge is 0.355 e. The SMILES string of the molecule is CC(=O)NCCNC1C(=O)N(C)c2ccccc21. The van der Waals surface area contributed by atoms with Gasteiger partial charge in [0.2, 0.25) is 11.8 Å². The molecule has 2 rings (SSSR count). The highest BCUT2D eigenvalue weighted by Crippen LogP contribution is 2.34. The summed E-state index contributed by atoms with van der Waals surface area (Å²) in [6, 6.07) is 7.42. The number of amides is 2. The molecule has 1 aromatic carbocycles. The Morgan fingerprint density at radius 1 is 1.33 bits per heavy atom. The first-order valence-corrected chi connectivity index (χ1v) is 5.95. The third-order valence-corrected chi connectivity index (χ3v) is 3.03. The molecule has 0 aromatic heterocycles. The number of carbonyl (C=O) groups is 2. The van der Waals surface area contributed by atoms with E-state index in [9.17, 15) is 9.59 Å². The van der Waals surface area contributed by atoms with Gasteiger partial charge in [-0.3, -0.25) is 9.59 Å². The zero-order valence-corrected chi connectivity index (χ0v) is 10.6. The lowest BCUT2D eigenvalue weighted by atomic mass is 10.1. The first-order chi connectivity index (χ1) is 8.61. The number of nitrogens with one attached hydrogen (secondary N) is 2. The summed E-state index contributed by atoms with van der Waals surface area (Å²) in [5, 5.41) is 5.86. The van der Waals surface area contributed by atoms with Crippen molar-refractivity contribution in [3.63, 3.8) is 0 Å². The highest BCUT2D eigenvalue weighted by atomic mass is 16.2. The monoisotopic (exact) mass is 247 g/mol. The van der Waals surface area contributed by atoms with E-state index in [0.29, 0.717) is 13.1 Å². The molecular formula is C13H17N3O2. The predicted molar refractivity (Wildman–Crippen MR) is 69.3 cm³/mol. The van der Waals surface area contributed by atoms with Gasteiger partial charge in [0.1, 0.15) is 6.04 Å². The molecule has 0 saturated carbocycles. The molecule has 0 radical (unpaired) electrons. The van der Waals surface area contributed by atoms with Crippen LogP contribution in [0.3, 0.4) is 0 Å². The molecule has 0 aliphatic carbocycles. The van der Waals surface area contributed by atoms with Crippen LogP contribution in [0, 0.1) is 0 Å². The molecule has 18 heavy (non-hydrogen) atoms. The topological polar surface area (TPSA) is 61.4 Å². The zero-order chi connectivity index (χ0) is 13.1. The molecule has 1 unspecified atom stereocenters. The zero-order valence-electron chi connectivity index (χ0n) is 10.6. The maximum absolute atomic E-state index is 12.1. The summed E-state index contributed by atoms with van der Waals surface area (Å²) in [7, 11) is 1.77. The van der Waals surface area contributed by atoms with Crippen molar-refractivity contribution in [3.05, 3.63) is 29.8 Å². The Bertz CT molecular complexity index is 473. The molecule has 1 atom stereocenters. The van der Waals surface area contributed by atoms with E-state index < -0.39 is 0 Å². The minimum absolute atomic E-state index is 0.0408. The van der Waals surface area contributed by atoms with Crippen LogP contribution in [-0.4, -0.2) is 32.0 Å². The standard InChI is InChI=1S/C13H17N3O2/c1-9(17)14-7-8-15-12-10-5-3-4-6-11(10)16(2)13(12)18/h3-6,12,15H,7-8H2,1-2H3,(H,14,17). The average Bonchev–Trinajstić information content (AvgIpc) is 2.59. The van der Waals surface area contributed by atoms with Gasteiger partial charge in [-0.2, -0.15) is 0 Å². The van der Waals surface area contributed by atoms with Crippen LogP contribution in [-0.2, 0) is 9.59 Å². The summed E-state index contributed by atoms with van der Waals surface area (Å²) in [6.45, 7) is 2.56. The maximum atomic E-state index is 12.1. The summed E-state index contributed by atoms with van der Waals surface area (Å²) in [5.41, 5.74) is 1.94. The van der Waals surface area contributed by atoms with E-state index in [0.717, 1.165) is 11.3 Å². The number of fused-ring (bicyclic) bond motifs is 1. The number of rotatable bonds is 4. The fourth-order valence-corrected chi connectivity index (χ4v) is 2.13. The molecule has 5 heteroatoms. The van der Waals surface area contributed by atoms with Crippen molar-refractivity contribution in [1.29, 1.82) is 0 Å². The van der Waals surface area contributed by atoms with Crippen LogP contribution in [0.25, 0.3) is 0 Å². The number of likely N-dealkylation sites (N-methyl/N-ethyl adjacent to an activating group) is 1. The normalized spacial score (nSPS) is 17.8. The van der Waals surface area contributed by atoms with Crippen molar-refractivity contribution in [1.82, 2.24) is 10.6 Å². The Balaban J connectivity index is 2.01. The number of hydrogen-bond donors (Lipinski definition) is 2. The van der Waals surface area contributed by atoms with E-state index in [2.05, 4.69) is 10.6 Å². The maximum Gasteiger partial charge on any atom is 0.248 e. The van der Waals surface area contributed by atoms with Crippen molar-refractivity contribution in [2.75, 3.05) is 25.0 Å². The minimum atomic E-state index is -0.306. The molecule has 0 spiro atoms. The summed E-state index contributed by atoms with van der Waals surface area (Å²) >= 11 is 0. The second-order valence-corrected chi connectivity index (χ2v) is 4.33. The molecular weight excluding hydrogens is 230 g/mol. The quantitative estimate of drug-likeness (QED) is 0.758. The van der Waals surface area contributed by atoms with Crippen LogP contribution >= 0.6 is 0 Å². The minimum Gasteiger partial charge on any atom is -0.355 e. The Morgan fingerprint density at radius 2 is 2.06 bits per heavy atom. The second kappa shape index (κ2) is 5.18. The fraction of sp³-hybridized carbons (Fsp3) is 0.385. The van der Waals surface area contributed by atoms with Gasteiger partial charge in [-0.25, -0.2) is 0 Å². The summed E-state index contributed by atoms with van der Waals surface area (Å²) in [5.74, 6) is -0.0221. The van der Waals surface area contributed by atoms with Gasteiger partial charge < -0.3 is 15.5 Å². The molecule has 0 saturated heterocycles. The third-order valence-electron chi connectivity index (χ3n) is 3.03. The molecule has 5 nitrogen and oxygen atoms in total. The number of hydrogen-bond acceptors (Lipinski definition) is 3. The first-order valence-electron chi connectivity index (χ1n) is 5.95. The van der Waals surface area contributed by atoms with Gasteiger partial charge in [-0.05, 0) is 6.07 Å². The Kier molecular flexibility index (Phi) is 3.62. The van der Waals surface area contributed by atoms with Gasteiger partial charge in [-0.1, -0.05) is 18.2 Å². The van der Waals surface area contributed by atoms with E-state index >= 15 is 0 Å². The summed E-state index contributed by atoms with van der Waals surface area (Å²) in [4.78, 5) is 24.5. The van der Waals surface area contributed by atoms with Crippen LogP contribution in [0.15, 0.2) is 24.3 Å². The van der Waals surface area contributed by atoms with E-state index in [1.807, 2.05) is 24.3 Å². The highest BCUT2D eigenvalue weighted by Gasteiger charge is 2.33. The van der Waals surface area contributed by atoms with E-state index in [1.165, 1.54) is 6.92 Å². The van der Waals surface area contributed by atoms with Crippen molar-refractivity contribution < 1.29 is 9.59 Å². The molecule has 1 aromatic rings. The molecule has 1 aliphatic rings. The molecule has 0 fully saturated rings. The number of anilines is 1. The number of para-hydroxylation sites is 1. The molecule has 0 bridgehead atoms. The summed E-state index contributed by atoms with van der Waals surface area (Å²) in [6.07, 6.45) is 0.